The summed E-state index contributed by atoms with van der Waals surface area (Å²) < 4.78 is 24.2. The van der Waals surface area contributed by atoms with Crippen LogP contribution in [0.15, 0.2) is 47.4 Å². The summed E-state index contributed by atoms with van der Waals surface area (Å²) in [6.45, 7) is 2.37. The van der Waals surface area contributed by atoms with Gasteiger partial charge in [-0.3, -0.25) is 4.79 Å². The molecular weight excluding hydrogens is 317 g/mol. The van der Waals surface area contributed by atoms with Gasteiger partial charge in [0.05, 0.1) is 5.25 Å². The van der Waals surface area contributed by atoms with Crippen LogP contribution < -0.4 is 14.8 Å². The van der Waals surface area contributed by atoms with E-state index in [0.717, 1.165) is 5.56 Å². The minimum atomic E-state index is -0.388. The number of hydrogen-bond acceptors (Lipinski definition) is 4. The van der Waals surface area contributed by atoms with E-state index in [9.17, 15) is 9.18 Å². The van der Waals surface area contributed by atoms with Crippen LogP contribution in [0.2, 0.25) is 0 Å². The first-order valence-corrected chi connectivity index (χ1v) is 8.09. The number of amides is 1. The Hall–Kier alpha value is -2.21. The highest BCUT2D eigenvalue weighted by Crippen LogP contribution is 2.32. The largest absolute Gasteiger partial charge is 0.454 e. The van der Waals surface area contributed by atoms with Crippen LogP contribution in [0.5, 0.6) is 11.5 Å². The summed E-state index contributed by atoms with van der Waals surface area (Å²) in [7, 11) is 0. The van der Waals surface area contributed by atoms with Gasteiger partial charge in [-0.05, 0) is 36.8 Å². The predicted molar refractivity (Wildman–Crippen MR) is 86.1 cm³/mol. The Labute approximate surface area is 138 Å². The van der Waals surface area contributed by atoms with Crippen LogP contribution in [0, 0.1) is 5.82 Å². The molecule has 1 N–H and O–H groups in total. The van der Waals surface area contributed by atoms with Crippen molar-refractivity contribution in [1.82, 2.24) is 5.32 Å². The van der Waals surface area contributed by atoms with Gasteiger partial charge in [-0.15, -0.1) is 11.8 Å². The predicted octanol–water partition coefficient (Wildman–Crippen LogP) is 3.35. The zero-order valence-corrected chi connectivity index (χ0v) is 13.4. The van der Waals surface area contributed by atoms with Crippen molar-refractivity contribution >= 4 is 17.7 Å². The molecule has 1 heterocycles. The van der Waals surface area contributed by atoms with Crippen molar-refractivity contribution in [3.8, 4) is 11.5 Å². The van der Waals surface area contributed by atoms with Crippen molar-refractivity contribution < 1.29 is 18.7 Å². The summed E-state index contributed by atoms with van der Waals surface area (Å²) in [4.78, 5) is 12.6. The number of rotatable bonds is 5. The third-order valence-electron chi connectivity index (χ3n) is 3.41. The normalized spacial score (nSPS) is 13.7. The summed E-state index contributed by atoms with van der Waals surface area (Å²) in [5, 5.41) is 2.46. The standard InChI is InChI=1S/C17H16FNO3S/c1-11(23-16-5-3-2-4-13(16)18)17(20)19-9-12-6-7-14-15(8-12)22-10-21-14/h2-8,11H,9-10H2,1H3,(H,19,20)/t11-/m1/s1. The summed E-state index contributed by atoms with van der Waals surface area (Å²) in [6, 6.07) is 12.0. The van der Waals surface area contributed by atoms with Crippen LogP contribution in [0.1, 0.15) is 12.5 Å². The van der Waals surface area contributed by atoms with Gasteiger partial charge in [0.1, 0.15) is 5.82 Å². The highest BCUT2D eigenvalue weighted by atomic mass is 32.2. The first-order chi connectivity index (χ1) is 11.1. The van der Waals surface area contributed by atoms with Gasteiger partial charge in [-0.25, -0.2) is 4.39 Å². The summed E-state index contributed by atoms with van der Waals surface area (Å²) in [5.74, 6) is 0.943. The molecule has 120 valence electrons. The Morgan fingerprint density at radius 3 is 2.87 bits per heavy atom. The second kappa shape index (κ2) is 6.91. The van der Waals surface area contributed by atoms with Gasteiger partial charge in [-0.1, -0.05) is 18.2 Å². The fourth-order valence-electron chi connectivity index (χ4n) is 2.17. The lowest BCUT2D eigenvalue weighted by Gasteiger charge is -2.12. The molecule has 2 aromatic rings. The van der Waals surface area contributed by atoms with E-state index in [0.29, 0.717) is 22.9 Å². The molecule has 0 aliphatic carbocycles. The Bertz CT molecular complexity index is 723. The zero-order chi connectivity index (χ0) is 16.2. The highest BCUT2D eigenvalue weighted by molar-refractivity contribution is 8.00. The lowest BCUT2D eigenvalue weighted by Crippen LogP contribution is -2.30. The lowest BCUT2D eigenvalue weighted by molar-refractivity contribution is -0.120. The number of fused-ring (bicyclic) bond motifs is 1. The number of halogens is 1. The molecule has 0 radical (unpaired) electrons. The van der Waals surface area contributed by atoms with Crippen LogP contribution in [0.4, 0.5) is 4.39 Å². The van der Waals surface area contributed by atoms with Crippen molar-refractivity contribution in [3.05, 3.63) is 53.8 Å². The smallest absolute Gasteiger partial charge is 0.233 e. The lowest BCUT2D eigenvalue weighted by atomic mass is 10.2. The van der Waals surface area contributed by atoms with E-state index < -0.39 is 0 Å². The Morgan fingerprint density at radius 2 is 2.04 bits per heavy atom. The second-order valence-electron chi connectivity index (χ2n) is 5.10. The quantitative estimate of drug-likeness (QED) is 0.853. The molecule has 0 aromatic heterocycles. The molecule has 1 amide bonds. The molecule has 1 aliphatic heterocycles. The Kier molecular flexibility index (Phi) is 4.71. The molecule has 0 saturated heterocycles. The molecule has 0 saturated carbocycles. The van der Waals surface area contributed by atoms with E-state index in [4.69, 9.17) is 9.47 Å². The van der Waals surface area contributed by atoms with Crippen LogP contribution in [-0.2, 0) is 11.3 Å². The van der Waals surface area contributed by atoms with Crippen molar-refractivity contribution in [3.63, 3.8) is 0 Å². The number of ether oxygens (including phenoxy) is 2. The van der Waals surface area contributed by atoms with E-state index in [2.05, 4.69) is 5.32 Å². The fraction of sp³-hybridized carbons (Fsp3) is 0.235. The fourth-order valence-corrected chi connectivity index (χ4v) is 3.08. The number of hydrogen-bond donors (Lipinski definition) is 1. The summed E-state index contributed by atoms with van der Waals surface area (Å²) in [6.07, 6.45) is 0. The molecule has 1 aliphatic rings. The highest BCUT2D eigenvalue weighted by Gasteiger charge is 2.17. The van der Waals surface area contributed by atoms with Crippen molar-refractivity contribution in [2.24, 2.45) is 0 Å². The minimum absolute atomic E-state index is 0.143. The monoisotopic (exact) mass is 333 g/mol. The van der Waals surface area contributed by atoms with Crippen molar-refractivity contribution in [1.29, 1.82) is 0 Å². The molecule has 0 unspecified atom stereocenters. The van der Waals surface area contributed by atoms with Gasteiger partial charge in [0.15, 0.2) is 11.5 Å². The number of carbonyl (C=O) groups excluding carboxylic acids is 1. The third-order valence-corrected chi connectivity index (χ3v) is 4.57. The van der Waals surface area contributed by atoms with Gasteiger partial charge in [-0.2, -0.15) is 0 Å². The summed E-state index contributed by atoms with van der Waals surface area (Å²) >= 11 is 1.20. The molecule has 0 bridgehead atoms. The van der Waals surface area contributed by atoms with Gasteiger partial charge < -0.3 is 14.8 Å². The number of thioether (sulfide) groups is 1. The maximum atomic E-state index is 13.6. The Morgan fingerprint density at radius 1 is 1.26 bits per heavy atom. The second-order valence-corrected chi connectivity index (χ2v) is 6.48. The van der Waals surface area contributed by atoms with Gasteiger partial charge >= 0.3 is 0 Å². The molecule has 2 aromatic carbocycles. The number of nitrogens with one attached hydrogen (secondary N) is 1. The van der Waals surface area contributed by atoms with E-state index in [-0.39, 0.29) is 23.8 Å². The molecule has 4 nitrogen and oxygen atoms in total. The average molecular weight is 333 g/mol. The van der Waals surface area contributed by atoms with E-state index in [1.807, 2.05) is 18.2 Å². The average Bonchev–Trinajstić information content (AvgIpc) is 3.02. The topological polar surface area (TPSA) is 47.6 Å². The molecule has 23 heavy (non-hydrogen) atoms. The minimum Gasteiger partial charge on any atom is -0.454 e. The van der Waals surface area contributed by atoms with Crippen LogP contribution in [0.3, 0.4) is 0 Å². The van der Waals surface area contributed by atoms with Crippen molar-refractivity contribution in [2.45, 2.75) is 23.6 Å². The van der Waals surface area contributed by atoms with Crippen LogP contribution in [-0.4, -0.2) is 18.0 Å². The molecule has 1 atom stereocenters. The van der Waals surface area contributed by atoms with Crippen LogP contribution in [0.25, 0.3) is 0 Å². The Balaban J connectivity index is 1.55. The third kappa shape index (κ3) is 3.76. The van der Waals surface area contributed by atoms with Crippen LogP contribution >= 0.6 is 11.8 Å². The number of carbonyl (C=O) groups is 1. The molecule has 6 heteroatoms. The first-order valence-electron chi connectivity index (χ1n) is 7.21. The maximum absolute atomic E-state index is 13.6. The zero-order valence-electron chi connectivity index (χ0n) is 12.5. The maximum Gasteiger partial charge on any atom is 0.233 e. The molecule has 0 fully saturated rings. The molecule has 0 spiro atoms. The summed E-state index contributed by atoms with van der Waals surface area (Å²) in [5.41, 5.74) is 0.922. The first kappa shape index (κ1) is 15.7. The molecular formula is C17H16FNO3S. The van der Waals surface area contributed by atoms with E-state index in [1.165, 1.54) is 17.8 Å². The SMILES string of the molecule is C[C@@H](Sc1ccccc1F)C(=O)NCc1ccc2c(c1)OCO2. The number of benzene rings is 2. The van der Waals surface area contributed by atoms with Gasteiger partial charge in [0.25, 0.3) is 0 Å². The van der Waals surface area contributed by atoms with E-state index in [1.54, 1.807) is 25.1 Å². The van der Waals surface area contributed by atoms with Crippen molar-refractivity contribution in [2.75, 3.05) is 6.79 Å². The van der Waals surface area contributed by atoms with Gasteiger partial charge in [0, 0.05) is 11.4 Å². The molecule has 3 rings (SSSR count). The van der Waals surface area contributed by atoms with E-state index >= 15 is 0 Å². The van der Waals surface area contributed by atoms with Gasteiger partial charge in [0.2, 0.25) is 12.7 Å².